The molecule has 2 aliphatic rings. The third-order valence-electron chi connectivity index (χ3n) is 26.1. The molecule has 0 N–H and O–H groups in total. The van der Waals surface area contributed by atoms with Crippen molar-refractivity contribution in [3.8, 4) is 111 Å². The summed E-state index contributed by atoms with van der Waals surface area (Å²) in [7, 11) is 1.69. The first-order valence-corrected chi connectivity index (χ1v) is 45.8. The van der Waals surface area contributed by atoms with E-state index in [1.165, 1.54) is 249 Å². The molecular formula is C123H114O3. The Bertz CT molecular complexity index is 6220. The van der Waals surface area contributed by atoms with E-state index in [-0.39, 0.29) is 10.8 Å². The zero-order chi connectivity index (χ0) is 85.7. The van der Waals surface area contributed by atoms with E-state index in [1.807, 2.05) is 0 Å². The number of methoxy groups -OCH3 is 1. The smallest absolute Gasteiger partial charge is 0.0701 e. The van der Waals surface area contributed by atoms with Crippen LogP contribution in [0.1, 0.15) is 153 Å². The van der Waals surface area contributed by atoms with Gasteiger partial charge < -0.3 is 14.2 Å². The number of hydrogen-bond acceptors (Lipinski definition) is 3. The molecule has 0 amide bonds. The molecule has 0 aliphatic heterocycles. The molecule has 0 saturated carbocycles. The maximum absolute atomic E-state index is 6.19. The Kier molecular flexibility index (Phi) is 27.8. The largest absolute Gasteiger partial charge is 0.382 e. The lowest BCUT2D eigenvalue weighted by Gasteiger charge is -2.33. The van der Waals surface area contributed by atoms with Crippen molar-refractivity contribution in [3.63, 3.8) is 0 Å². The van der Waals surface area contributed by atoms with Crippen LogP contribution in [-0.4, -0.2) is 40.1 Å². The molecule has 0 spiro atoms. The summed E-state index contributed by atoms with van der Waals surface area (Å²) >= 11 is 0. The summed E-state index contributed by atoms with van der Waals surface area (Å²) in [5.41, 5.74) is 40.5. The van der Waals surface area contributed by atoms with Crippen LogP contribution >= 0.6 is 0 Å². The van der Waals surface area contributed by atoms with Crippen molar-refractivity contribution >= 4 is 23.3 Å². The zero-order valence-electron chi connectivity index (χ0n) is 73.5. The average molecular weight is 1640 g/mol. The van der Waals surface area contributed by atoms with Crippen molar-refractivity contribution in [3.05, 3.63) is 456 Å². The molecular weight excluding hydrogens is 1530 g/mol. The van der Waals surface area contributed by atoms with Gasteiger partial charge in [0.15, 0.2) is 0 Å². The summed E-state index contributed by atoms with van der Waals surface area (Å²) in [6, 6.07) is 147. The molecule has 2 aliphatic carbocycles. The Morgan fingerprint density at radius 1 is 0.230 bits per heavy atom. The minimum atomic E-state index is -0.236. The summed E-state index contributed by atoms with van der Waals surface area (Å²) in [6.07, 6.45) is 19.3. The van der Waals surface area contributed by atoms with Crippen LogP contribution in [0.15, 0.2) is 400 Å². The minimum Gasteiger partial charge on any atom is -0.382 e. The van der Waals surface area contributed by atoms with Gasteiger partial charge in [0, 0.05) is 24.5 Å². The molecule has 0 aromatic heterocycles. The van der Waals surface area contributed by atoms with E-state index in [2.05, 4.69) is 433 Å². The maximum atomic E-state index is 6.19. The highest BCUT2D eigenvalue weighted by atomic mass is 16.5. The van der Waals surface area contributed by atoms with Crippen LogP contribution in [0.5, 0.6) is 0 Å². The normalized spacial score (nSPS) is 13.9. The fourth-order valence-corrected chi connectivity index (χ4v) is 19.2. The number of rotatable bonds is 34. The van der Waals surface area contributed by atoms with Gasteiger partial charge in [0.25, 0.3) is 0 Å². The Balaban J connectivity index is 0.000000182. The first kappa shape index (κ1) is 85.1. The lowest BCUT2D eigenvalue weighted by molar-refractivity contribution is 0.0220. The van der Waals surface area contributed by atoms with Crippen LogP contribution < -0.4 is 0 Å². The summed E-state index contributed by atoms with van der Waals surface area (Å²) in [5, 5.41) is 0. The second-order valence-corrected chi connectivity index (χ2v) is 34.2. The van der Waals surface area contributed by atoms with Gasteiger partial charge in [-0.15, -0.1) is 0 Å². The lowest BCUT2D eigenvalue weighted by atomic mass is 9.70. The molecule has 0 radical (unpaired) electrons. The Morgan fingerprint density at radius 3 is 0.873 bits per heavy atom. The van der Waals surface area contributed by atoms with Crippen LogP contribution in [0, 0.1) is 0 Å². The van der Waals surface area contributed by atoms with E-state index in [1.54, 1.807) is 7.11 Å². The number of benzene rings is 16. The van der Waals surface area contributed by atoms with Crippen molar-refractivity contribution in [2.45, 2.75) is 109 Å². The first-order chi connectivity index (χ1) is 62.2. The molecule has 2 unspecified atom stereocenters. The summed E-state index contributed by atoms with van der Waals surface area (Å²) in [5.74, 6) is 0. The highest BCUT2D eigenvalue weighted by Gasteiger charge is 2.43. The first-order valence-electron chi connectivity index (χ1n) is 45.8. The van der Waals surface area contributed by atoms with Gasteiger partial charge >= 0.3 is 0 Å². The topological polar surface area (TPSA) is 27.7 Å². The van der Waals surface area contributed by atoms with Gasteiger partial charge in [0.05, 0.1) is 26.4 Å². The number of hydrogen-bond donors (Lipinski definition) is 0. The molecule has 3 nitrogen and oxygen atoms in total. The van der Waals surface area contributed by atoms with Crippen molar-refractivity contribution in [1.82, 2.24) is 0 Å². The molecule has 126 heavy (non-hydrogen) atoms. The third-order valence-corrected chi connectivity index (χ3v) is 26.1. The second-order valence-electron chi connectivity index (χ2n) is 34.2. The molecule has 624 valence electrons. The van der Waals surface area contributed by atoms with E-state index < -0.39 is 0 Å². The molecule has 3 heteroatoms. The second kappa shape index (κ2) is 41.1. The van der Waals surface area contributed by atoms with Gasteiger partial charge in [-0.1, -0.05) is 449 Å². The Labute approximate surface area is 748 Å². The molecule has 2 atom stereocenters. The van der Waals surface area contributed by atoms with Crippen LogP contribution in [0.3, 0.4) is 0 Å². The van der Waals surface area contributed by atoms with Crippen LogP contribution in [0.4, 0.5) is 0 Å². The van der Waals surface area contributed by atoms with Gasteiger partial charge in [-0.3, -0.25) is 0 Å². The van der Waals surface area contributed by atoms with Gasteiger partial charge in [0.1, 0.15) is 0 Å². The van der Waals surface area contributed by atoms with E-state index in [0.717, 1.165) is 6.42 Å². The third kappa shape index (κ3) is 19.5. The quantitative estimate of drug-likeness (QED) is 0.0297. The van der Waals surface area contributed by atoms with E-state index >= 15 is 0 Å². The Hall–Kier alpha value is -13.1. The van der Waals surface area contributed by atoms with Crippen LogP contribution in [-0.2, 0) is 25.0 Å². The molecule has 0 heterocycles. The minimum absolute atomic E-state index is 0.0339. The lowest BCUT2D eigenvalue weighted by Crippen LogP contribution is -2.25. The van der Waals surface area contributed by atoms with Crippen molar-refractivity contribution in [2.75, 3.05) is 40.1 Å². The van der Waals surface area contributed by atoms with Gasteiger partial charge in [-0.25, -0.2) is 0 Å². The number of ether oxygens (including phenoxy) is 3. The Morgan fingerprint density at radius 2 is 0.500 bits per heavy atom. The number of fused-ring (bicyclic) bond motifs is 6. The van der Waals surface area contributed by atoms with Gasteiger partial charge in [0.2, 0.25) is 0 Å². The van der Waals surface area contributed by atoms with Gasteiger partial charge in [-0.2, -0.15) is 0 Å². The van der Waals surface area contributed by atoms with E-state index in [0.29, 0.717) is 33.0 Å². The fourth-order valence-electron chi connectivity index (χ4n) is 19.2. The average Bonchev–Trinajstić information content (AvgIpc) is 1.57. The summed E-state index contributed by atoms with van der Waals surface area (Å²) < 4.78 is 17.0. The van der Waals surface area contributed by atoms with Crippen molar-refractivity contribution in [1.29, 1.82) is 0 Å². The predicted octanol–water partition coefficient (Wildman–Crippen LogP) is 32.8. The van der Waals surface area contributed by atoms with E-state index in [9.17, 15) is 0 Å². The fraction of sp³-hybridized carbons (Fsp3) is 0.187. The summed E-state index contributed by atoms with van der Waals surface area (Å²) in [6.45, 7) is 9.98. The molecule has 0 saturated heterocycles. The summed E-state index contributed by atoms with van der Waals surface area (Å²) in [4.78, 5) is 0. The molecule has 0 fully saturated rings. The monoisotopic (exact) mass is 1640 g/mol. The SMILES string of the molecule is CCCCCCCC1(CCCCCC)c2cc(-c3ccc(C=C(c4ccccc4)c4ccccc4)cc3)ccc2-c2ccc(-c3ccc(-c4ccc(-c5ccccc5)c(-c5ccccc5)c4)cc3)cc21.COCCOCCOCCC1(C)c2cc(-c3ccc(C=C(c4ccccc4)c4ccccc4)cc3)ccc2-c2ccc(-c3ccc(-c4ccccc4)cc3)cc21. The zero-order valence-corrected chi connectivity index (χ0v) is 73.5. The predicted molar refractivity (Wildman–Crippen MR) is 534 cm³/mol. The van der Waals surface area contributed by atoms with E-state index in [4.69, 9.17) is 14.2 Å². The highest BCUT2D eigenvalue weighted by Crippen LogP contribution is 2.57. The maximum Gasteiger partial charge on any atom is 0.0701 e. The van der Waals surface area contributed by atoms with Crippen molar-refractivity contribution in [2.24, 2.45) is 0 Å². The standard InChI is InChI=1S/C70H66.C53H48O3/c1-3-5-7-9-23-47-70(46-22-8-6-4-2)68-50-61(53-34-32-52(33-35-53)48-66(57-26-16-11-17-27-57)58-28-18-12-19-29-58)41-44-64(68)65-45-42-62(51-69(65)70)55-38-36-54(37-39-55)60-40-43-63(56-24-14-10-15-25-56)67(49-60)59-30-20-13-21-31-59;1-53(30-31-55-34-35-56-33-32-54-2)51-37-46(42-20-18-39(19-21-42)36-50(44-14-8-4-9-15-44)45-16-10-5-11-17-45)26-28-48(51)49-29-27-47(38-52(49)53)43-24-22-41(23-25-43)40-12-6-3-7-13-40/h10-21,24-45,48-51H,3-9,22-23,46-47H2,1-2H3;3-29,36-38H,30-35H2,1-2H3. The molecule has 0 bridgehead atoms. The molecule has 16 aromatic carbocycles. The van der Waals surface area contributed by atoms with Crippen LogP contribution in [0.25, 0.3) is 135 Å². The van der Waals surface area contributed by atoms with Crippen LogP contribution in [0.2, 0.25) is 0 Å². The highest BCUT2D eigenvalue weighted by molar-refractivity contribution is 5.95. The molecule has 18 rings (SSSR count). The van der Waals surface area contributed by atoms with Gasteiger partial charge in [-0.05, 0) is 240 Å². The number of unbranched alkanes of at least 4 members (excludes halogenated alkanes) is 7. The van der Waals surface area contributed by atoms with Crippen molar-refractivity contribution < 1.29 is 14.2 Å². The molecule has 16 aromatic rings.